The van der Waals surface area contributed by atoms with E-state index in [0.29, 0.717) is 30.2 Å². The Labute approximate surface area is 152 Å². The summed E-state index contributed by atoms with van der Waals surface area (Å²) in [5, 5.41) is 3.96. The van der Waals surface area contributed by atoms with E-state index in [1.54, 1.807) is 30.6 Å². The van der Waals surface area contributed by atoms with Crippen molar-refractivity contribution in [1.82, 2.24) is 15.1 Å². The standard InChI is InChI=1S/C18H20N4O3S/c1-2-3-11-26(23,24)22-16-9-5-4-7-14(16)12-17-20-18(21-25-17)15-8-6-10-19-13-15/h4-10,13,22H,2-3,11-12H2,1H3. The number of nitrogens with one attached hydrogen (secondary N) is 1. The van der Waals surface area contributed by atoms with Crippen LogP contribution in [-0.4, -0.2) is 29.3 Å². The number of sulfonamides is 1. The zero-order chi connectivity index (χ0) is 18.4. The van der Waals surface area contributed by atoms with Gasteiger partial charge in [-0.25, -0.2) is 8.42 Å². The van der Waals surface area contributed by atoms with Crippen LogP contribution in [0, 0.1) is 0 Å². The number of unbranched alkanes of at least 4 members (excludes halogenated alkanes) is 1. The predicted molar refractivity (Wildman–Crippen MR) is 99.1 cm³/mol. The maximum Gasteiger partial charge on any atom is 0.232 e. The first-order chi connectivity index (χ1) is 12.6. The summed E-state index contributed by atoms with van der Waals surface area (Å²) in [5.74, 6) is 0.960. The molecule has 8 heteroatoms. The van der Waals surface area contributed by atoms with E-state index < -0.39 is 10.0 Å². The van der Waals surface area contributed by atoms with Gasteiger partial charge in [-0.15, -0.1) is 0 Å². The quantitative estimate of drug-likeness (QED) is 0.652. The highest BCUT2D eigenvalue weighted by molar-refractivity contribution is 7.92. The Balaban J connectivity index is 1.78. The summed E-state index contributed by atoms with van der Waals surface area (Å²) in [6.07, 6.45) is 5.10. The van der Waals surface area contributed by atoms with Crippen molar-refractivity contribution in [3.05, 3.63) is 60.2 Å². The van der Waals surface area contributed by atoms with E-state index in [1.165, 1.54) is 0 Å². The minimum Gasteiger partial charge on any atom is -0.339 e. The van der Waals surface area contributed by atoms with E-state index in [2.05, 4.69) is 19.8 Å². The van der Waals surface area contributed by atoms with Crippen LogP contribution in [0.2, 0.25) is 0 Å². The minimum absolute atomic E-state index is 0.101. The van der Waals surface area contributed by atoms with Crippen LogP contribution in [-0.2, 0) is 16.4 Å². The van der Waals surface area contributed by atoms with E-state index in [9.17, 15) is 8.42 Å². The van der Waals surface area contributed by atoms with Gasteiger partial charge in [-0.05, 0) is 30.2 Å². The van der Waals surface area contributed by atoms with Crippen LogP contribution in [0.1, 0.15) is 31.2 Å². The Bertz CT molecular complexity index is 955. The first kappa shape index (κ1) is 18.1. The molecule has 0 fully saturated rings. The third kappa shape index (κ3) is 4.66. The molecule has 0 atom stereocenters. The van der Waals surface area contributed by atoms with E-state index in [0.717, 1.165) is 17.5 Å². The molecular weight excluding hydrogens is 352 g/mol. The van der Waals surface area contributed by atoms with Crippen molar-refractivity contribution in [2.45, 2.75) is 26.2 Å². The van der Waals surface area contributed by atoms with Crippen molar-refractivity contribution in [1.29, 1.82) is 0 Å². The fourth-order valence-corrected chi connectivity index (χ4v) is 3.73. The van der Waals surface area contributed by atoms with Crippen LogP contribution in [0.4, 0.5) is 5.69 Å². The van der Waals surface area contributed by atoms with Crippen molar-refractivity contribution < 1.29 is 12.9 Å². The lowest BCUT2D eigenvalue weighted by molar-refractivity contribution is 0.386. The van der Waals surface area contributed by atoms with Crippen LogP contribution >= 0.6 is 0 Å². The molecule has 0 spiro atoms. The number of anilines is 1. The van der Waals surface area contributed by atoms with Crippen LogP contribution in [0.25, 0.3) is 11.4 Å². The molecule has 0 aliphatic carbocycles. The number of aromatic nitrogens is 3. The van der Waals surface area contributed by atoms with Crippen molar-refractivity contribution in [3.8, 4) is 11.4 Å². The molecule has 0 saturated carbocycles. The van der Waals surface area contributed by atoms with Gasteiger partial charge in [-0.1, -0.05) is 36.7 Å². The highest BCUT2D eigenvalue weighted by Crippen LogP contribution is 2.21. The summed E-state index contributed by atoms with van der Waals surface area (Å²) in [6, 6.07) is 10.8. The van der Waals surface area contributed by atoms with Gasteiger partial charge in [0.25, 0.3) is 0 Å². The summed E-state index contributed by atoms with van der Waals surface area (Å²) in [6.45, 7) is 1.96. The lowest BCUT2D eigenvalue weighted by Gasteiger charge is -2.11. The van der Waals surface area contributed by atoms with Gasteiger partial charge in [0.15, 0.2) is 0 Å². The molecule has 7 nitrogen and oxygen atoms in total. The maximum absolute atomic E-state index is 12.2. The lowest BCUT2D eigenvalue weighted by atomic mass is 10.1. The first-order valence-electron chi connectivity index (χ1n) is 8.39. The molecule has 136 valence electrons. The summed E-state index contributed by atoms with van der Waals surface area (Å²) >= 11 is 0. The van der Waals surface area contributed by atoms with Gasteiger partial charge in [-0.2, -0.15) is 4.98 Å². The Morgan fingerprint density at radius 3 is 2.77 bits per heavy atom. The lowest BCUT2D eigenvalue weighted by Crippen LogP contribution is -2.17. The number of benzene rings is 1. The van der Waals surface area contributed by atoms with Crippen LogP contribution in [0.3, 0.4) is 0 Å². The number of rotatable bonds is 8. The second kappa shape index (κ2) is 8.09. The van der Waals surface area contributed by atoms with Crippen molar-refractivity contribution in [3.63, 3.8) is 0 Å². The molecule has 3 aromatic rings. The molecule has 0 saturated heterocycles. The largest absolute Gasteiger partial charge is 0.339 e. The molecule has 1 N–H and O–H groups in total. The first-order valence-corrected chi connectivity index (χ1v) is 10.0. The zero-order valence-electron chi connectivity index (χ0n) is 14.4. The number of nitrogens with zero attached hydrogens (tertiary/aromatic N) is 3. The highest BCUT2D eigenvalue weighted by atomic mass is 32.2. The van der Waals surface area contributed by atoms with Gasteiger partial charge >= 0.3 is 0 Å². The van der Waals surface area contributed by atoms with Crippen molar-refractivity contribution in [2.24, 2.45) is 0 Å². The van der Waals surface area contributed by atoms with Gasteiger partial charge in [-0.3, -0.25) is 9.71 Å². The normalized spacial score (nSPS) is 11.4. The van der Waals surface area contributed by atoms with Crippen LogP contribution in [0.5, 0.6) is 0 Å². The third-order valence-corrected chi connectivity index (χ3v) is 5.14. The number of para-hydroxylation sites is 1. The fourth-order valence-electron chi connectivity index (χ4n) is 2.43. The molecule has 0 aliphatic heterocycles. The Kier molecular flexibility index (Phi) is 5.62. The van der Waals surface area contributed by atoms with E-state index in [-0.39, 0.29) is 5.75 Å². The third-order valence-electron chi connectivity index (χ3n) is 3.78. The topological polar surface area (TPSA) is 98.0 Å². The molecule has 0 amide bonds. The van der Waals surface area contributed by atoms with Crippen LogP contribution in [0.15, 0.2) is 53.3 Å². The fraction of sp³-hybridized carbons (Fsp3) is 0.278. The van der Waals surface area contributed by atoms with Gasteiger partial charge in [0, 0.05) is 18.0 Å². The van der Waals surface area contributed by atoms with Gasteiger partial charge in [0.1, 0.15) is 0 Å². The second-order valence-electron chi connectivity index (χ2n) is 5.86. The molecule has 0 radical (unpaired) electrons. The maximum atomic E-state index is 12.2. The molecule has 2 aromatic heterocycles. The van der Waals surface area contributed by atoms with Gasteiger partial charge in [0.05, 0.1) is 17.9 Å². The van der Waals surface area contributed by atoms with Gasteiger partial charge < -0.3 is 4.52 Å². The summed E-state index contributed by atoms with van der Waals surface area (Å²) in [4.78, 5) is 8.40. The highest BCUT2D eigenvalue weighted by Gasteiger charge is 2.15. The average molecular weight is 372 g/mol. The monoisotopic (exact) mass is 372 g/mol. The Morgan fingerprint density at radius 2 is 2.00 bits per heavy atom. The summed E-state index contributed by atoms with van der Waals surface area (Å²) < 4.78 is 32.3. The molecule has 0 bridgehead atoms. The minimum atomic E-state index is -3.37. The Morgan fingerprint density at radius 1 is 1.15 bits per heavy atom. The van der Waals surface area contributed by atoms with Crippen molar-refractivity contribution in [2.75, 3.05) is 10.5 Å². The Hall–Kier alpha value is -2.74. The molecule has 3 rings (SSSR count). The second-order valence-corrected chi connectivity index (χ2v) is 7.70. The van der Waals surface area contributed by atoms with E-state index in [4.69, 9.17) is 4.52 Å². The molecule has 0 aliphatic rings. The summed E-state index contributed by atoms with van der Waals surface area (Å²) in [7, 11) is -3.37. The smallest absolute Gasteiger partial charge is 0.232 e. The molecule has 2 heterocycles. The SMILES string of the molecule is CCCCS(=O)(=O)Nc1ccccc1Cc1nc(-c2cccnc2)no1. The molecule has 26 heavy (non-hydrogen) atoms. The molecule has 1 aromatic carbocycles. The number of pyridine rings is 1. The number of hydrogen-bond acceptors (Lipinski definition) is 6. The predicted octanol–water partition coefficient (Wildman–Crippen LogP) is 3.26. The van der Waals surface area contributed by atoms with Crippen LogP contribution < -0.4 is 4.72 Å². The molecular formula is C18H20N4O3S. The average Bonchev–Trinajstić information content (AvgIpc) is 3.11. The summed E-state index contributed by atoms with van der Waals surface area (Å²) in [5.41, 5.74) is 2.06. The van der Waals surface area contributed by atoms with E-state index >= 15 is 0 Å². The van der Waals surface area contributed by atoms with Crippen molar-refractivity contribution >= 4 is 15.7 Å². The zero-order valence-corrected chi connectivity index (χ0v) is 15.2. The van der Waals surface area contributed by atoms with E-state index in [1.807, 2.05) is 25.1 Å². The number of hydrogen-bond donors (Lipinski definition) is 1. The van der Waals surface area contributed by atoms with Gasteiger partial charge in [0.2, 0.25) is 21.7 Å². The molecule has 0 unspecified atom stereocenters.